The zero-order valence-corrected chi connectivity index (χ0v) is 13.4. The highest BCUT2D eigenvalue weighted by molar-refractivity contribution is 5.76. The van der Waals surface area contributed by atoms with Gasteiger partial charge in [-0.2, -0.15) is 0 Å². The first kappa shape index (κ1) is 16.0. The number of carboxylic acids is 1. The van der Waals surface area contributed by atoms with Crippen molar-refractivity contribution in [2.45, 2.75) is 51.4 Å². The Morgan fingerprint density at radius 2 is 2.17 bits per heavy atom. The average molecular weight is 317 g/mol. The molecule has 124 valence electrons. The average Bonchev–Trinajstić information content (AvgIpc) is 3.06. The third kappa shape index (κ3) is 3.23. The second-order valence-electron chi connectivity index (χ2n) is 6.19. The molecule has 23 heavy (non-hydrogen) atoms. The maximum Gasteiger partial charge on any atom is 0.321 e. The van der Waals surface area contributed by atoms with Crippen molar-refractivity contribution in [3.63, 3.8) is 0 Å². The van der Waals surface area contributed by atoms with E-state index in [2.05, 4.69) is 17.6 Å². The van der Waals surface area contributed by atoms with E-state index in [1.807, 2.05) is 23.1 Å². The van der Waals surface area contributed by atoms with Crippen molar-refractivity contribution in [1.82, 2.24) is 14.5 Å². The van der Waals surface area contributed by atoms with Crippen molar-refractivity contribution in [2.24, 2.45) is 0 Å². The molecule has 6 heteroatoms. The summed E-state index contributed by atoms with van der Waals surface area (Å²) in [6.07, 6.45) is 1.85. The van der Waals surface area contributed by atoms with Gasteiger partial charge in [-0.25, -0.2) is 4.98 Å². The van der Waals surface area contributed by atoms with Gasteiger partial charge in [0.15, 0.2) is 0 Å². The van der Waals surface area contributed by atoms with Crippen LogP contribution in [0.2, 0.25) is 0 Å². The van der Waals surface area contributed by atoms with Gasteiger partial charge in [-0.15, -0.1) is 0 Å². The Balaban J connectivity index is 1.91. The molecule has 1 fully saturated rings. The van der Waals surface area contributed by atoms with Gasteiger partial charge in [-0.3, -0.25) is 9.69 Å². The molecule has 6 nitrogen and oxygen atoms in total. The monoisotopic (exact) mass is 317 g/mol. The minimum atomic E-state index is -0.877. The number of aromatic nitrogens is 2. The fourth-order valence-electron chi connectivity index (χ4n) is 3.30. The predicted molar refractivity (Wildman–Crippen MR) is 87.1 cm³/mol. The van der Waals surface area contributed by atoms with Gasteiger partial charge in [0.2, 0.25) is 0 Å². The molecular weight excluding hydrogens is 294 g/mol. The van der Waals surface area contributed by atoms with Crippen molar-refractivity contribution in [3.8, 4) is 0 Å². The van der Waals surface area contributed by atoms with E-state index in [-0.39, 0.29) is 6.42 Å². The molecule has 0 amide bonds. The molecule has 2 heterocycles. The number of carbonyl (C=O) groups is 1. The molecule has 0 radical (unpaired) electrons. The molecule has 3 rings (SSSR count). The smallest absolute Gasteiger partial charge is 0.321 e. The van der Waals surface area contributed by atoms with E-state index < -0.39 is 18.1 Å². The van der Waals surface area contributed by atoms with Crippen LogP contribution in [0, 0.1) is 0 Å². The summed E-state index contributed by atoms with van der Waals surface area (Å²) >= 11 is 0. The van der Waals surface area contributed by atoms with Crippen molar-refractivity contribution >= 4 is 17.0 Å². The van der Waals surface area contributed by atoms with E-state index in [4.69, 9.17) is 4.98 Å². The number of nitrogens with zero attached hydrogens (tertiary/aromatic N) is 3. The van der Waals surface area contributed by atoms with Crippen LogP contribution in [0.5, 0.6) is 0 Å². The minimum absolute atomic E-state index is 0.282. The third-order valence-corrected chi connectivity index (χ3v) is 4.48. The fraction of sp³-hybridized carbons (Fsp3) is 0.529. The maximum atomic E-state index is 11.4. The lowest BCUT2D eigenvalue weighted by Crippen LogP contribution is -2.36. The van der Waals surface area contributed by atoms with E-state index in [0.717, 1.165) is 36.2 Å². The van der Waals surface area contributed by atoms with Crippen LogP contribution in [-0.2, 0) is 17.9 Å². The topological polar surface area (TPSA) is 78.6 Å². The number of hydrogen-bond donors (Lipinski definition) is 2. The molecule has 1 aliphatic rings. The van der Waals surface area contributed by atoms with E-state index >= 15 is 0 Å². The molecule has 1 saturated heterocycles. The lowest BCUT2D eigenvalue weighted by atomic mass is 10.2. The van der Waals surface area contributed by atoms with Gasteiger partial charge in [0.1, 0.15) is 11.9 Å². The molecule has 1 aromatic heterocycles. The van der Waals surface area contributed by atoms with Crippen LogP contribution in [0.15, 0.2) is 24.3 Å². The van der Waals surface area contributed by atoms with Gasteiger partial charge in [0.25, 0.3) is 0 Å². The number of aliphatic carboxylic acids is 1. The standard InChI is InChI=1S/C17H23N3O3/c1-2-3-8-20-14-7-5-4-6-13(14)18-16(20)11-19-10-12(21)9-15(19)17(22)23/h4-7,12,15,21H,2-3,8-11H2,1H3,(H,22,23)/t12-,15+/m1/s1. The van der Waals surface area contributed by atoms with E-state index in [1.165, 1.54) is 0 Å². The molecule has 0 unspecified atom stereocenters. The van der Waals surface area contributed by atoms with Crippen LogP contribution in [0.1, 0.15) is 32.0 Å². The number of carboxylic acid groups (broad SMARTS) is 1. The number of likely N-dealkylation sites (tertiary alicyclic amines) is 1. The van der Waals surface area contributed by atoms with Crippen LogP contribution < -0.4 is 0 Å². The first-order chi connectivity index (χ1) is 11.1. The highest BCUT2D eigenvalue weighted by atomic mass is 16.4. The largest absolute Gasteiger partial charge is 0.480 e. The van der Waals surface area contributed by atoms with Gasteiger partial charge in [0.05, 0.1) is 23.7 Å². The number of aryl methyl sites for hydroxylation is 1. The molecule has 1 aromatic carbocycles. The number of fused-ring (bicyclic) bond motifs is 1. The summed E-state index contributed by atoms with van der Waals surface area (Å²) in [4.78, 5) is 17.9. The maximum absolute atomic E-state index is 11.4. The zero-order valence-electron chi connectivity index (χ0n) is 13.4. The number of rotatable bonds is 6. The molecule has 2 N–H and O–H groups in total. The van der Waals surface area contributed by atoms with Crippen LogP contribution in [0.3, 0.4) is 0 Å². The summed E-state index contributed by atoms with van der Waals surface area (Å²) in [6, 6.07) is 7.35. The van der Waals surface area contributed by atoms with Gasteiger partial charge < -0.3 is 14.8 Å². The van der Waals surface area contributed by atoms with Crippen LogP contribution in [-0.4, -0.2) is 49.3 Å². The highest BCUT2D eigenvalue weighted by Crippen LogP contribution is 2.23. The molecule has 2 atom stereocenters. The highest BCUT2D eigenvalue weighted by Gasteiger charge is 2.36. The lowest BCUT2D eigenvalue weighted by molar-refractivity contribution is -0.142. The van der Waals surface area contributed by atoms with Gasteiger partial charge in [-0.05, 0) is 18.6 Å². The summed E-state index contributed by atoms with van der Waals surface area (Å²) < 4.78 is 2.18. The number of β-amino-alcohol motifs (C(OH)–C–C–N with tert-alkyl or cyclic N) is 1. The van der Waals surface area contributed by atoms with Gasteiger partial charge in [0, 0.05) is 19.5 Å². The number of aliphatic hydroxyl groups excluding tert-OH is 1. The summed E-state index contributed by atoms with van der Waals surface area (Å²) in [5.41, 5.74) is 2.02. The molecule has 0 saturated carbocycles. The fourth-order valence-corrected chi connectivity index (χ4v) is 3.30. The van der Waals surface area contributed by atoms with E-state index in [9.17, 15) is 15.0 Å². The van der Waals surface area contributed by atoms with Crippen molar-refractivity contribution in [1.29, 1.82) is 0 Å². The molecule has 1 aliphatic heterocycles. The number of para-hydroxylation sites is 2. The molecule has 0 bridgehead atoms. The van der Waals surface area contributed by atoms with Crippen molar-refractivity contribution < 1.29 is 15.0 Å². The Morgan fingerprint density at radius 1 is 1.39 bits per heavy atom. The predicted octanol–water partition coefficient (Wildman–Crippen LogP) is 1.86. The quantitative estimate of drug-likeness (QED) is 0.850. The van der Waals surface area contributed by atoms with Crippen molar-refractivity contribution in [3.05, 3.63) is 30.1 Å². The second-order valence-corrected chi connectivity index (χ2v) is 6.19. The third-order valence-electron chi connectivity index (χ3n) is 4.48. The number of imidazole rings is 1. The number of aliphatic hydroxyl groups is 1. The Morgan fingerprint density at radius 3 is 2.91 bits per heavy atom. The molecular formula is C17H23N3O3. The Labute approximate surface area is 135 Å². The second kappa shape index (κ2) is 6.68. The van der Waals surface area contributed by atoms with Crippen LogP contribution >= 0.6 is 0 Å². The van der Waals surface area contributed by atoms with Crippen LogP contribution in [0.25, 0.3) is 11.0 Å². The molecule has 0 aliphatic carbocycles. The lowest BCUT2D eigenvalue weighted by Gasteiger charge is -2.21. The van der Waals surface area contributed by atoms with E-state index in [1.54, 1.807) is 0 Å². The summed E-state index contributed by atoms with van der Waals surface area (Å²) in [5.74, 6) is -0.00207. The summed E-state index contributed by atoms with van der Waals surface area (Å²) in [7, 11) is 0. The number of benzene rings is 1. The van der Waals surface area contributed by atoms with Gasteiger partial charge in [-0.1, -0.05) is 25.5 Å². The van der Waals surface area contributed by atoms with Crippen molar-refractivity contribution in [2.75, 3.05) is 6.54 Å². The van der Waals surface area contributed by atoms with E-state index in [0.29, 0.717) is 13.1 Å². The zero-order chi connectivity index (χ0) is 16.4. The summed E-state index contributed by atoms with van der Waals surface area (Å²) in [5, 5.41) is 19.2. The number of hydrogen-bond acceptors (Lipinski definition) is 4. The normalized spacial score (nSPS) is 22.0. The molecule has 0 spiro atoms. The first-order valence-electron chi connectivity index (χ1n) is 8.19. The Kier molecular flexibility index (Phi) is 4.63. The Bertz CT molecular complexity index is 697. The summed E-state index contributed by atoms with van der Waals surface area (Å²) in [6.45, 7) is 3.86. The molecule has 2 aromatic rings. The number of unbranched alkanes of at least 4 members (excludes halogenated alkanes) is 1. The minimum Gasteiger partial charge on any atom is -0.480 e. The first-order valence-corrected chi connectivity index (χ1v) is 8.19. The Hall–Kier alpha value is -1.92. The van der Waals surface area contributed by atoms with Crippen LogP contribution in [0.4, 0.5) is 0 Å². The SMILES string of the molecule is CCCCn1c(CN2C[C@H](O)C[C@H]2C(=O)O)nc2ccccc21. The van der Waals surface area contributed by atoms with Gasteiger partial charge >= 0.3 is 5.97 Å².